The van der Waals surface area contributed by atoms with Crippen LogP contribution in [0.25, 0.3) is 0 Å². The van der Waals surface area contributed by atoms with Crippen molar-refractivity contribution in [1.82, 2.24) is 0 Å². The molecule has 1 atom stereocenters. The summed E-state index contributed by atoms with van der Waals surface area (Å²) < 4.78 is 0. The Bertz CT molecular complexity index is 542. The molecule has 0 saturated carbocycles. The van der Waals surface area contributed by atoms with E-state index in [0.717, 1.165) is 0 Å². The van der Waals surface area contributed by atoms with Crippen molar-refractivity contribution < 1.29 is 0 Å². The number of unbranched alkanes of at least 4 members (excludes halogenated alkanes) is 1. The normalized spacial score (nSPS) is 10.7. The fourth-order valence-corrected chi connectivity index (χ4v) is 3.73. The van der Waals surface area contributed by atoms with Gasteiger partial charge in [0.05, 0.1) is 0 Å². The summed E-state index contributed by atoms with van der Waals surface area (Å²) in [6.45, 7) is 8.82. The van der Waals surface area contributed by atoms with Crippen molar-refractivity contribution in [3.63, 3.8) is 0 Å². The molecule has 0 aliphatic rings. The predicted molar refractivity (Wildman–Crippen MR) is 112 cm³/mol. The van der Waals surface area contributed by atoms with Crippen molar-refractivity contribution in [3.8, 4) is 0 Å². The van der Waals surface area contributed by atoms with E-state index in [1.54, 1.807) is 0 Å². The lowest BCUT2D eigenvalue weighted by Crippen LogP contribution is -2.04. The molecule has 0 aromatic heterocycles. The highest BCUT2D eigenvalue weighted by molar-refractivity contribution is 8.93. The van der Waals surface area contributed by atoms with E-state index in [2.05, 4.69) is 73.3 Å². The average Bonchev–Trinajstić information content (AvgIpc) is 2.41. The number of hydrogen-bond donors (Lipinski definition) is 0. The van der Waals surface area contributed by atoms with Crippen LogP contribution in [0.4, 0.5) is 0 Å². The Labute approximate surface area is 155 Å². The summed E-state index contributed by atoms with van der Waals surface area (Å²) in [5.41, 5.74) is 8.44. The van der Waals surface area contributed by atoms with Gasteiger partial charge >= 0.3 is 0 Å². The molecule has 0 bridgehead atoms. The maximum Gasteiger partial charge on any atom is 0.00897 e. The Balaban J connectivity index is 0.00000264. The maximum absolute atomic E-state index is 2.85. The summed E-state index contributed by atoms with van der Waals surface area (Å²) in [6.07, 6.45) is 5.01. The molecule has 0 fully saturated rings. The summed E-state index contributed by atoms with van der Waals surface area (Å²) >= 11 is 0. The average molecular weight is 393 g/mol. The fraction of sp³-hybridized carbons (Fsp3) is 0.429. The highest BCUT2D eigenvalue weighted by Crippen LogP contribution is 2.32. The second kappa shape index (κ2) is 9.60. The molecule has 0 heterocycles. The molecule has 2 rings (SSSR count). The van der Waals surface area contributed by atoms with Crippen LogP contribution in [0.2, 0.25) is 0 Å². The number of rotatable bonds is 6. The molecule has 0 aliphatic carbocycles. The highest BCUT2D eigenvalue weighted by atomic mass is 79.9. The van der Waals surface area contributed by atoms with Gasteiger partial charge in [0.15, 0.2) is 0 Å². The van der Waals surface area contributed by atoms with Crippen molar-refractivity contribution >= 4 is 26.2 Å². The van der Waals surface area contributed by atoms with Gasteiger partial charge in [-0.05, 0) is 57.8 Å². The zero-order chi connectivity index (χ0) is 16.1. The quantitative estimate of drug-likeness (QED) is 0.380. The zero-order valence-corrected chi connectivity index (χ0v) is 17.7. The topological polar surface area (TPSA) is 0 Å². The van der Waals surface area contributed by atoms with Crippen LogP contribution in [0.3, 0.4) is 0 Å². The van der Waals surface area contributed by atoms with Gasteiger partial charge in [0.1, 0.15) is 0 Å². The smallest absolute Gasteiger partial charge is 0.00897 e. The number of aryl methyl sites for hydroxylation is 4. The van der Waals surface area contributed by atoms with E-state index in [-0.39, 0.29) is 17.0 Å². The largest absolute Gasteiger partial charge is 0.138 e. The molecule has 0 aliphatic heterocycles. The monoisotopic (exact) mass is 392 g/mol. The van der Waals surface area contributed by atoms with Gasteiger partial charge in [-0.25, -0.2) is 0 Å². The van der Waals surface area contributed by atoms with E-state index < -0.39 is 0 Å². The molecular weight excluding hydrogens is 363 g/mol. The van der Waals surface area contributed by atoms with Crippen molar-refractivity contribution in [3.05, 3.63) is 69.8 Å². The van der Waals surface area contributed by atoms with Crippen LogP contribution >= 0.6 is 26.2 Å². The van der Waals surface area contributed by atoms with Crippen molar-refractivity contribution in [2.45, 2.75) is 52.9 Å². The number of hydrogen-bond acceptors (Lipinski definition) is 0. The van der Waals surface area contributed by atoms with Crippen LogP contribution in [-0.2, 0) is 0 Å². The first-order chi connectivity index (χ1) is 10.5. The second-order valence-electron chi connectivity index (χ2n) is 6.68. The predicted octanol–water partition coefficient (Wildman–Crippen LogP) is 6.68. The summed E-state index contributed by atoms with van der Waals surface area (Å²) in [7, 11) is 2.85. The van der Waals surface area contributed by atoms with Gasteiger partial charge in [-0.3, -0.25) is 0 Å². The maximum atomic E-state index is 2.85. The minimum absolute atomic E-state index is 0. The zero-order valence-electron chi connectivity index (χ0n) is 14.9. The number of benzene rings is 2. The van der Waals surface area contributed by atoms with Crippen LogP contribution in [0, 0.1) is 27.7 Å². The molecule has 2 aromatic rings. The summed E-state index contributed by atoms with van der Waals surface area (Å²) in [5.74, 6) is 0.522. The molecule has 126 valence electrons. The highest BCUT2D eigenvalue weighted by Gasteiger charge is 2.15. The molecule has 0 amide bonds. The molecule has 0 N–H and O–H groups in total. The van der Waals surface area contributed by atoms with Gasteiger partial charge in [0.25, 0.3) is 0 Å². The van der Waals surface area contributed by atoms with Crippen LogP contribution in [-0.4, -0.2) is 6.16 Å². The minimum atomic E-state index is 0. The molecular formula is C21H30BrP. The van der Waals surface area contributed by atoms with Gasteiger partial charge in [-0.15, -0.1) is 26.2 Å². The van der Waals surface area contributed by atoms with Crippen LogP contribution in [0.1, 0.15) is 58.6 Å². The third-order valence-corrected chi connectivity index (χ3v) is 4.65. The van der Waals surface area contributed by atoms with Gasteiger partial charge in [-0.2, -0.15) is 0 Å². The summed E-state index contributed by atoms with van der Waals surface area (Å²) in [5, 5.41) is 0. The van der Waals surface area contributed by atoms with Gasteiger partial charge in [-0.1, -0.05) is 65.1 Å². The van der Waals surface area contributed by atoms with Crippen molar-refractivity contribution in [2.24, 2.45) is 0 Å². The van der Waals surface area contributed by atoms with E-state index in [9.17, 15) is 0 Å². The van der Waals surface area contributed by atoms with Gasteiger partial charge in [0, 0.05) is 5.92 Å². The third kappa shape index (κ3) is 6.05. The summed E-state index contributed by atoms with van der Waals surface area (Å²) in [4.78, 5) is 0. The van der Waals surface area contributed by atoms with Crippen LogP contribution < -0.4 is 0 Å². The molecule has 0 spiro atoms. The van der Waals surface area contributed by atoms with Gasteiger partial charge < -0.3 is 0 Å². The van der Waals surface area contributed by atoms with Crippen molar-refractivity contribution in [2.75, 3.05) is 6.16 Å². The molecule has 2 heteroatoms. The van der Waals surface area contributed by atoms with Gasteiger partial charge in [0.2, 0.25) is 0 Å². The minimum Gasteiger partial charge on any atom is -0.138 e. The standard InChI is InChI=1S/C21H29P.BrH/c1-15-9-16(2)12-19(11-15)21(7-5-6-8-22)20-13-17(3)10-18(4)14-20;/h9-14,21H,5-8,22H2,1-4H3;1H. The Morgan fingerprint density at radius 1 is 0.696 bits per heavy atom. The lowest BCUT2D eigenvalue weighted by atomic mass is 9.84. The van der Waals surface area contributed by atoms with E-state index >= 15 is 0 Å². The van der Waals surface area contributed by atoms with E-state index in [1.807, 2.05) is 0 Å². The van der Waals surface area contributed by atoms with E-state index in [0.29, 0.717) is 5.92 Å². The first-order valence-electron chi connectivity index (χ1n) is 8.36. The van der Waals surface area contributed by atoms with Crippen LogP contribution in [0.15, 0.2) is 36.4 Å². The third-order valence-electron chi connectivity index (χ3n) is 4.24. The molecule has 1 unspecified atom stereocenters. The lowest BCUT2D eigenvalue weighted by Gasteiger charge is -2.20. The second-order valence-corrected chi connectivity index (χ2v) is 7.26. The molecule has 23 heavy (non-hydrogen) atoms. The molecule has 0 nitrogen and oxygen atoms in total. The Morgan fingerprint density at radius 2 is 1.09 bits per heavy atom. The van der Waals surface area contributed by atoms with E-state index in [1.165, 1.54) is 58.8 Å². The van der Waals surface area contributed by atoms with Crippen LogP contribution in [0.5, 0.6) is 0 Å². The molecule has 0 radical (unpaired) electrons. The first kappa shape index (κ1) is 20.4. The first-order valence-corrected chi connectivity index (χ1v) is 9.17. The SMILES string of the molecule is Br.Cc1cc(C)cc(C(CCCCP)c2cc(C)cc(C)c2)c1. The number of halogens is 1. The molecule has 2 aromatic carbocycles. The Kier molecular flexibility index (Phi) is 8.51. The van der Waals surface area contributed by atoms with E-state index in [4.69, 9.17) is 0 Å². The summed E-state index contributed by atoms with van der Waals surface area (Å²) in [6, 6.07) is 14.0. The molecule has 0 saturated heterocycles. The Morgan fingerprint density at radius 3 is 1.43 bits per heavy atom. The lowest BCUT2D eigenvalue weighted by molar-refractivity contribution is 0.652. The fourth-order valence-electron chi connectivity index (χ4n) is 3.44. The van der Waals surface area contributed by atoms with Crippen molar-refractivity contribution in [1.29, 1.82) is 0 Å². The Hall–Kier alpha value is -0.650.